The molecule has 2 fully saturated rings. The number of aliphatic imine (C=N–C) groups is 1. The Labute approximate surface area is 159 Å². The zero-order valence-corrected chi connectivity index (χ0v) is 17.2. The number of unbranched alkanes of at least 4 members (excludes halogenated alkanes) is 1. The van der Waals surface area contributed by atoms with Crippen LogP contribution in [0.5, 0.6) is 0 Å². The van der Waals surface area contributed by atoms with Crippen molar-refractivity contribution in [2.75, 3.05) is 45.9 Å². The molecule has 1 atom stereocenters. The van der Waals surface area contributed by atoms with Gasteiger partial charge in [0, 0.05) is 19.7 Å². The van der Waals surface area contributed by atoms with Gasteiger partial charge in [0.1, 0.15) is 0 Å². The minimum Gasteiger partial charge on any atom is -0.373 e. The molecule has 0 aromatic heterocycles. The fourth-order valence-corrected chi connectivity index (χ4v) is 3.22. The Hall–Kier alpha value is -0.0800. The van der Waals surface area contributed by atoms with Crippen molar-refractivity contribution >= 4 is 29.9 Å². The number of likely N-dealkylation sites (tertiary alicyclic amines) is 1. The zero-order valence-electron chi connectivity index (χ0n) is 14.9. The van der Waals surface area contributed by atoms with Gasteiger partial charge in [-0.3, -0.25) is 4.99 Å². The van der Waals surface area contributed by atoms with Gasteiger partial charge < -0.3 is 20.3 Å². The van der Waals surface area contributed by atoms with Gasteiger partial charge in [0.2, 0.25) is 0 Å². The van der Waals surface area contributed by atoms with Crippen molar-refractivity contribution in [1.29, 1.82) is 0 Å². The summed E-state index contributed by atoms with van der Waals surface area (Å²) in [5, 5.41) is 6.78. The molecule has 0 spiro atoms. The van der Waals surface area contributed by atoms with Gasteiger partial charge in [-0.05, 0) is 72.0 Å². The summed E-state index contributed by atoms with van der Waals surface area (Å²) in [5.41, 5.74) is -0.0574. The maximum absolute atomic E-state index is 5.80. The van der Waals surface area contributed by atoms with E-state index < -0.39 is 0 Å². The van der Waals surface area contributed by atoms with Crippen molar-refractivity contribution in [2.45, 2.75) is 58.0 Å². The minimum atomic E-state index is -0.0574. The summed E-state index contributed by atoms with van der Waals surface area (Å²) in [6, 6.07) is 0. The molecule has 2 aliphatic heterocycles. The molecule has 2 heterocycles. The lowest BCUT2D eigenvalue weighted by molar-refractivity contribution is 0.0283. The first-order valence-corrected chi connectivity index (χ1v) is 9.10. The van der Waals surface area contributed by atoms with Crippen LogP contribution in [0.3, 0.4) is 0 Å². The lowest BCUT2D eigenvalue weighted by atomic mass is 10.0. The molecule has 2 N–H and O–H groups in total. The molecule has 2 rings (SSSR count). The van der Waals surface area contributed by atoms with E-state index in [9.17, 15) is 0 Å². The molecule has 5 nitrogen and oxygen atoms in total. The Kier molecular flexibility index (Phi) is 10.5. The fraction of sp³-hybridized carbons (Fsp3) is 0.941. The third-order valence-electron chi connectivity index (χ3n) is 4.61. The van der Waals surface area contributed by atoms with Gasteiger partial charge in [0.05, 0.1) is 12.1 Å². The summed E-state index contributed by atoms with van der Waals surface area (Å²) in [6.45, 7) is 11.7. The van der Waals surface area contributed by atoms with E-state index in [1.54, 1.807) is 0 Å². The van der Waals surface area contributed by atoms with E-state index >= 15 is 0 Å². The molecular formula is C17H35IN4O. The molecule has 0 saturated carbocycles. The van der Waals surface area contributed by atoms with E-state index in [0.717, 1.165) is 45.0 Å². The first kappa shape index (κ1) is 21.0. The van der Waals surface area contributed by atoms with Gasteiger partial charge in [-0.1, -0.05) is 0 Å². The van der Waals surface area contributed by atoms with Crippen LogP contribution in [0.2, 0.25) is 0 Å². The van der Waals surface area contributed by atoms with Crippen molar-refractivity contribution in [3.8, 4) is 0 Å². The molecule has 2 saturated heterocycles. The highest BCUT2D eigenvalue weighted by atomic mass is 127. The highest BCUT2D eigenvalue weighted by Gasteiger charge is 2.29. The van der Waals surface area contributed by atoms with E-state index in [1.165, 1.54) is 45.3 Å². The third kappa shape index (κ3) is 8.03. The lowest BCUT2D eigenvalue weighted by Crippen LogP contribution is -2.39. The van der Waals surface area contributed by atoms with Gasteiger partial charge in [0.15, 0.2) is 5.96 Å². The predicted octanol–water partition coefficient (Wildman–Crippen LogP) is 2.60. The van der Waals surface area contributed by atoms with Crippen molar-refractivity contribution < 1.29 is 4.74 Å². The van der Waals surface area contributed by atoms with Crippen LogP contribution < -0.4 is 10.6 Å². The van der Waals surface area contributed by atoms with E-state index in [2.05, 4.69) is 29.4 Å². The molecule has 0 amide bonds. The Morgan fingerprint density at radius 1 is 1.17 bits per heavy atom. The number of hydrogen-bond donors (Lipinski definition) is 2. The van der Waals surface area contributed by atoms with Crippen LogP contribution in [0.15, 0.2) is 4.99 Å². The van der Waals surface area contributed by atoms with Gasteiger partial charge in [0.25, 0.3) is 0 Å². The Balaban J connectivity index is 0.00000264. The van der Waals surface area contributed by atoms with Crippen molar-refractivity contribution in [3.05, 3.63) is 0 Å². The van der Waals surface area contributed by atoms with Gasteiger partial charge >= 0.3 is 0 Å². The number of rotatable bonds is 8. The number of ether oxygens (including phenoxy) is 1. The molecule has 2 aliphatic rings. The summed E-state index contributed by atoms with van der Waals surface area (Å²) < 4.78 is 5.80. The smallest absolute Gasteiger partial charge is 0.191 e. The maximum Gasteiger partial charge on any atom is 0.191 e. The normalized spacial score (nSPS) is 25.4. The lowest BCUT2D eigenvalue weighted by Gasteiger charge is -2.21. The molecule has 136 valence electrons. The summed E-state index contributed by atoms with van der Waals surface area (Å²) in [4.78, 5) is 7.28. The van der Waals surface area contributed by atoms with Crippen LogP contribution in [0.4, 0.5) is 0 Å². The first-order valence-electron chi connectivity index (χ1n) is 9.10. The predicted molar refractivity (Wildman–Crippen MR) is 108 cm³/mol. The highest BCUT2D eigenvalue weighted by molar-refractivity contribution is 14.0. The zero-order chi connectivity index (χ0) is 15.7. The van der Waals surface area contributed by atoms with Crippen LogP contribution >= 0.6 is 24.0 Å². The molecule has 0 aromatic carbocycles. The number of nitrogens with one attached hydrogen (secondary N) is 2. The molecule has 6 heteroatoms. The van der Waals surface area contributed by atoms with Crippen LogP contribution in [0, 0.1) is 0 Å². The van der Waals surface area contributed by atoms with Crippen molar-refractivity contribution in [1.82, 2.24) is 15.5 Å². The van der Waals surface area contributed by atoms with E-state index in [4.69, 9.17) is 9.73 Å². The number of halogens is 1. The van der Waals surface area contributed by atoms with Crippen LogP contribution in [0.25, 0.3) is 0 Å². The van der Waals surface area contributed by atoms with Gasteiger partial charge in [-0.15, -0.1) is 24.0 Å². The van der Waals surface area contributed by atoms with E-state index in [-0.39, 0.29) is 29.6 Å². The SMILES string of the molecule is CCNC(=NCC1(C)CCCO1)NCCCCN1CCCC1.I. The topological polar surface area (TPSA) is 48.9 Å². The molecule has 0 aromatic rings. The summed E-state index contributed by atoms with van der Waals surface area (Å²) in [7, 11) is 0. The number of nitrogens with zero attached hydrogens (tertiary/aromatic N) is 2. The molecule has 0 aliphatic carbocycles. The Morgan fingerprint density at radius 2 is 1.96 bits per heavy atom. The quantitative estimate of drug-likeness (QED) is 0.265. The van der Waals surface area contributed by atoms with Crippen molar-refractivity contribution in [2.24, 2.45) is 4.99 Å². The summed E-state index contributed by atoms with van der Waals surface area (Å²) in [5.74, 6) is 0.931. The average molecular weight is 438 g/mol. The van der Waals surface area contributed by atoms with Crippen LogP contribution in [0.1, 0.15) is 52.4 Å². The van der Waals surface area contributed by atoms with E-state index in [0.29, 0.717) is 0 Å². The highest BCUT2D eigenvalue weighted by Crippen LogP contribution is 2.24. The average Bonchev–Trinajstić information content (AvgIpc) is 3.16. The Morgan fingerprint density at radius 3 is 2.61 bits per heavy atom. The molecule has 0 bridgehead atoms. The third-order valence-corrected chi connectivity index (χ3v) is 4.61. The van der Waals surface area contributed by atoms with Gasteiger partial charge in [-0.25, -0.2) is 0 Å². The number of hydrogen-bond acceptors (Lipinski definition) is 3. The first-order chi connectivity index (χ1) is 10.7. The number of guanidine groups is 1. The standard InChI is InChI=1S/C17H34N4O.HI/c1-3-18-16(20-15-17(2)9-8-14-22-17)19-10-4-5-11-21-12-6-7-13-21;/h3-15H2,1-2H3,(H2,18,19,20);1H. The van der Waals surface area contributed by atoms with Gasteiger partial charge in [-0.2, -0.15) is 0 Å². The van der Waals surface area contributed by atoms with Crippen LogP contribution in [-0.2, 0) is 4.74 Å². The minimum absolute atomic E-state index is 0. The molecule has 23 heavy (non-hydrogen) atoms. The second-order valence-corrected chi connectivity index (χ2v) is 6.78. The van der Waals surface area contributed by atoms with Crippen LogP contribution in [-0.4, -0.2) is 62.3 Å². The second kappa shape index (κ2) is 11.5. The molecule has 0 radical (unpaired) electrons. The largest absolute Gasteiger partial charge is 0.373 e. The maximum atomic E-state index is 5.80. The Bertz CT molecular complexity index is 339. The van der Waals surface area contributed by atoms with Crippen molar-refractivity contribution in [3.63, 3.8) is 0 Å². The second-order valence-electron chi connectivity index (χ2n) is 6.78. The molecule has 1 unspecified atom stereocenters. The summed E-state index contributed by atoms with van der Waals surface area (Å²) in [6.07, 6.45) is 7.52. The fourth-order valence-electron chi connectivity index (χ4n) is 3.22. The molecular weight excluding hydrogens is 403 g/mol. The summed E-state index contributed by atoms with van der Waals surface area (Å²) >= 11 is 0. The monoisotopic (exact) mass is 438 g/mol. The van der Waals surface area contributed by atoms with E-state index in [1.807, 2.05) is 0 Å².